The van der Waals surface area contributed by atoms with Crippen LogP contribution >= 0.6 is 11.3 Å². The Hall–Kier alpha value is -5.02. The number of hydrogen-bond donors (Lipinski definition) is 0. The molecular formula is C47H52FN3O4S. The van der Waals surface area contributed by atoms with E-state index in [0.717, 1.165) is 46.4 Å². The van der Waals surface area contributed by atoms with Gasteiger partial charge in [-0.3, -0.25) is 14.4 Å². The predicted octanol–water partition coefficient (Wildman–Crippen LogP) is 10.6. The van der Waals surface area contributed by atoms with E-state index in [9.17, 15) is 14.4 Å². The number of aromatic nitrogens is 2. The predicted molar refractivity (Wildman–Crippen MR) is 222 cm³/mol. The number of carbonyl (C=O) groups excluding carboxylic acids is 3. The van der Waals surface area contributed by atoms with Crippen molar-refractivity contribution in [3.8, 4) is 33.6 Å². The fourth-order valence-electron chi connectivity index (χ4n) is 6.78. The van der Waals surface area contributed by atoms with Gasteiger partial charge in [-0.2, -0.15) is 0 Å². The van der Waals surface area contributed by atoms with Crippen molar-refractivity contribution < 1.29 is 23.5 Å². The van der Waals surface area contributed by atoms with Crippen molar-refractivity contribution in [3.63, 3.8) is 0 Å². The van der Waals surface area contributed by atoms with Gasteiger partial charge in [-0.05, 0) is 85.9 Å². The SMILES string of the molecule is CCCCc1ccc(-c2ccc(-c3cnc(-c4ccc(C[C@H](CC(=O)c5ccc(C(C)(C)C)s5)C(=O)N5CC(C(=O)OC(C)(C)C)C5)cc4)nc3)c(F)c2)cc1. The van der Waals surface area contributed by atoms with E-state index >= 15 is 4.39 Å². The number of amides is 1. The van der Waals surface area contributed by atoms with Gasteiger partial charge in [-0.25, -0.2) is 14.4 Å². The molecule has 1 amide bonds. The summed E-state index contributed by atoms with van der Waals surface area (Å²) in [5.74, 6) is -1.35. The molecule has 0 radical (unpaired) electrons. The molecule has 1 fully saturated rings. The van der Waals surface area contributed by atoms with Crippen molar-refractivity contribution in [1.29, 1.82) is 0 Å². The van der Waals surface area contributed by atoms with Crippen molar-refractivity contribution in [3.05, 3.63) is 118 Å². The second-order valence-corrected chi connectivity index (χ2v) is 18.0. The number of ether oxygens (including phenoxy) is 1. The highest BCUT2D eigenvalue weighted by Crippen LogP contribution is 2.33. The maximum Gasteiger partial charge on any atom is 0.313 e. The molecular weight excluding hydrogens is 722 g/mol. The Bertz CT molecular complexity index is 2160. The van der Waals surface area contributed by atoms with E-state index in [1.165, 1.54) is 16.9 Å². The number of aryl methyl sites for hydroxylation is 1. The topological polar surface area (TPSA) is 89.5 Å². The van der Waals surface area contributed by atoms with E-state index in [4.69, 9.17) is 4.74 Å². The number of ketones is 1. The molecule has 0 N–H and O–H groups in total. The molecule has 3 heterocycles. The minimum absolute atomic E-state index is 0.0612. The molecule has 1 atom stereocenters. The summed E-state index contributed by atoms with van der Waals surface area (Å²) in [6.07, 6.45) is 7.02. The Kier molecular flexibility index (Phi) is 12.3. The lowest BCUT2D eigenvalue weighted by Gasteiger charge is -2.40. The highest BCUT2D eigenvalue weighted by molar-refractivity contribution is 7.14. The lowest BCUT2D eigenvalue weighted by Crippen LogP contribution is -2.56. The van der Waals surface area contributed by atoms with Crippen LogP contribution in [0.15, 0.2) is 91.3 Å². The summed E-state index contributed by atoms with van der Waals surface area (Å²) in [6.45, 7) is 14.5. The number of rotatable bonds is 13. The van der Waals surface area contributed by atoms with Crippen molar-refractivity contribution in [2.45, 2.75) is 91.6 Å². The molecule has 5 aromatic rings. The molecule has 0 unspecified atom stereocenters. The van der Waals surface area contributed by atoms with E-state index in [-0.39, 0.29) is 54.3 Å². The summed E-state index contributed by atoms with van der Waals surface area (Å²) in [7, 11) is 0. The molecule has 0 saturated carbocycles. The Morgan fingerprint density at radius 1 is 0.821 bits per heavy atom. The number of Topliss-reactive ketones (excluding diaryl/α,β-unsaturated/α-hetero) is 1. The molecule has 6 rings (SSSR count). The average Bonchev–Trinajstić information content (AvgIpc) is 3.65. The smallest absolute Gasteiger partial charge is 0.313 e. The Morgan fingerprint density at radius 3 is 2.04 bits per heavy atom. The van der Waals surface area contributed by atoms with E-state index in [2.05, 4.69) is 49.8 Å². The summed E-state index contributed by atoms with van der Waals surface area (Å²) in [6, 6.07) is 25.0. The summed E-state index contributed by atoms with van der Waals surface area (Å²) in [5.41, 5.74) is 5.05. The summed E-state index contributed by atoms with van der Waals surface area (Å²) < 4.78 is 20.9. The number of esters is 1. The van der Waals surface area contributed by atoms with E-state index < -0.39 is 11.5 Å². The lowest BCUT2D eigenvalue weighted by atomic mass is 9.89. The van der Waals surface area contributed by atoms with Gasteiger partial charge < -0.3 is 9.64 Å². The Labute approximate surface area is 334 Å². The molecule has 0 aliphatic carbocycles. The van der Waals surface area contributed by atoms with Crippen LogP contribution in [0.2, 0.25) is 0 Å². The second-order valence-electron chi connectivity index (χ2n) is 16.9. The van der Waals surface area contributed by atoms with Crippen LogP contribution in [-0.4, -0.2) is 51.2 Å². The molecule has 9 heteroatoms. The highest BCUT2D eigenvalue weighted by atomic mass is 32.1. The van der Waals surface area contributed by atoms with Gasteiger partial charge in [0.1, 0.15) is 11.4 Å². The number of benzene rings is 3. The third kappa shape index (κ3) is 10.0. The van der Waals surface area contributed by atoms with Crippen molar-refractivity contribution in [2.75, 3.05) is 13.1 Å². The number of thiophene rings is 1. The average molecular weight is 774 g/mol. The highest BCUT2D eigenvalue weighted by Gasteiger charge is 2.41. The molecule has 292 valence electrons. The van der Waals surface area contributed by atoms with Gasteiger partial charge in [0.25, 0.3) is 0 Å². The fraction of sp³-hybridized carbons (Fsp3) is 0.383. The van der Waals surface area contributed by atoms with E-state index in [0.29, 0.717) is 28.2 Å². The molecule has 56 heavy (non-hydrogen) atoms. The summed E-state index contributed by atoms with van der Waals surface area (Å²) in [4.78, 5) is 52.6. The first-order valence-corrected chi connectivity index (χ1v) is 20.4. The minimum Gasteiger partial charge on any atom is -0.460 e. The first-order chi connectivity index (χ1) is 26.6. The Morgan fingerprint density at radius 2 is 1.45 bits per heavy atom. The number of unbranched alkanes of at least 4 members (excludes halogenated alkanes) is 1. The van der Waals surface area contributed by atoms with Crippen LogP contribution in [0.1, 0.15) is 93.4 Å². The number of carbonyl (C=O) groups is 3. The molecule has 1 saturated heterocycles. The van der Waals surface area contributed by atoms with Crippen LogP contribution in [0.4, 0.5) is 4.39 Å². The first-order valence-electron chi connectivity index (χ1n) is 19.5. The molecule has 1 aliphatic heterocycles. The first kappa shape index (κ1) is 40.6. The zero-order chi connectivity index (χ0) is 40.2. The quantitative estimate of drug-likeness (QED) is 0.0874. The Balaban J connectivity index is 1.13. The summed E-state index contributed by atoms with van der Waals surface area (Å²) >= 11 is 1.48. The van der Waals surface area contributed by atoms with E-state index in [1.54, 1.807) is 29.4 Å². The van der Waals surface area contributed by atoms with Gasteiger partial charge in [0.15, 0.2) is 11.6 Å². The van der Waals surface area contributed by atoms with Gasteiger partial charge in [-0.15, -0.1) is 11.3 Å². The molecule has 0 bridgehead atoms. The van der Waals surface area contributed by atoms with Crippen LogP contribution in [0.3, 0.4) is 0 Å². The molecule has 2 aromatic heterocycles. The van der Waals surface area contributed by atoms with Crippen LogP contribution < -0.4 is 0 Å². The standard InChI is InChI=1S/C47H52FN3O4S/c1-8-9-10-30-11-15-32(16-12-30)34-19-20-38(39(48)24-34)36-26-49-43(50-27-36)33-17-13-31(14-18-33)23-35(25-40(52)41-21-22-42(56-41)46(2,3)4)44(53)51-28-37(29-51)45(54)55-47(5,6)7/h11-22,24,26-27,35,37H,8-10,23,25,28-29H2,1-7H3/t35-/m1/s1. The van der Waals surface area contributed by atoms with Crippen LogP contribution in [-0.2, 0) is 32.6 Å². The van der Waals surface area contributed by atoms with Crippen molar-refractivity contribution in [2.24, 2.45) is 11.8 Å². The molecule has 3 aromatic carbocycles. The summed E-state index contributed by atoms with van der Waals surface area (Å²) in [5, 5.41) is 0. The second kappa shape index (κ2) is 17.0. The van der Waals surface area contributed by atoms with Gasteiger partial charge in [0.2, 0.25) is 5.91 Å². The van der Waals surface area contributed by atoms with Crippen LogP contribution in [0, 0.1) is 17.7 Å². The van der Waals surface area contributed by atoms with Gasteiger partial charge in [0.05, 0.1) is 10.8 Å². The zero-order valence-electron chi connectivity index (χ0n) is 33.5. The third-order valence-corrected chi connectivity index (χ3v) is 11.6. The number of nitrogens with zero attached hydrogens (tertiary/aromatic N) is 3. The number of hydrogen-bond acceptors (Lipinski definition) is 7. The van der Waals surface area contributed by atoms with Gasteiger partial charge >= 0.3 is 5.97 Å². The third-order valence-electron chi connectivity index (χ3n) is 10.1. The normalized spacial score (nSPS) is 14.0. The number of likely N-dealkylation sites (tertiary alicyclic amines) is 1. The number of halogens is 1. The minimum atomic E-state index is -0.603. The maximum absolute atomic E-state index is 15.4. The lowest BCUT2D eigenvalue weighted by molar-refractivity contribution is -0.168. The van der Waals surface area contributed by atoms with Gasteiger partial charge in [-0.1, -0.05) is 94.8 Å². The van der Waals surface area contributed by atoms with Crippen LogP contribution in [0.25, 0.3) is 33.6 Å². The fourth-order valence-corrected chi connectivity index (χ4v) is 7.79. The monoisotopic (exact) mass is 773 g/mol. The molecule has 1 aliphatic rings. The maximum atomic E-state index is 15.4. The zero-order valence-corrected chi connectivity index (χ0v) is 34.3. The molecule has 7 nitrogen and oxygen atoms in total. The largest absolute Gasteiger partial charge is 0.460 e. The van der Waals surface area contributed by atoms with Crippen molar-refractivity contribution in [1.82, 2.24) is 14.9 Å². The van der Waals surface area contributed by atoms with E-state index in [1.807, 2.05) is 75.4 Å². The van der Waals surface area contributed by atoms with Gasteiger partial charge in [0, 0.05) is 59.4 Å². The molecule has 0 spiro atoms. The van der Waals surface area contributed by atoms with Crippen LogP contribution in [0.5, 0.6) is 0 Å². The van der Waals surface area contributed by atoms with Crippen molar-refractivity contribution >= 4 is 29.0 Å².